The Morgan fingerprint density at radius 1 is 1.12 bits per heavy atom. The lowest BCUT2D eigenvalue weighted by molar-refractivity contribution is -0.118. The van der Waals surface area contributed by atoms with Crippen molar-refractivity contribution in [2.24, 2.45) is 0 Å². The molecule has 0 saturated carbocycles. The highest BCUT2D eigenvalue weighted by Gasteiger charge is 2.61. The summed E-state index contributed by atoms with van der Waals surface area (Å²) in [7, 11) is 0. The van der Waals surface area contributed by atoms with Crippen LogP contribution in [-0.4, -0.2) is 23.3 Å². The van der Waals surface area contributed by atoms with Gasteiger partial charge >= 0.3 is 0 Å². The van der Waals surface area contributed by atoms with Gasteiger partial charge in [-0.3, -0.25) is 9.59 Å². The Labute approximate surface area is 98.4 Å². The second-order valence-corrected chi connectivity index (χ2v) is 4.10. The SMILES string of the molecule is O=C(C(=O)C12C=CC=CC1O2)c1ccccc1. The maximum absolute atomic E-state index is 12.1. The second kappa shape index (κ2) is 3.50. The number of allylic oxidation sites excluding steroid dienone is 2. The highest BCUT2D eigenvalue weighted by Crippen LogP contribution is 2.42. The number of fused-ring (bicyclic) bond motifs is 1. The number of hydrogen-bond donors (Lipinski definition) is 0. The third kappa shape index (κ3) is 1.47. The molecule has 1 aliphatic heterocycles. The first-order valence-corrected chi connectivity index (χ1v) is 5.42. The van der Waals surface area contributed by atoms with Crippen molar-refractivity contribution in [2.45, 2.75) is 11.7 Å². The Morgan fingerprint density at radius 2 is 1.88 bits per heavy atom. The van der Waals surface area contributed by atoms with Crippen molar-refractivity contribution in [2.75, 3.05) is 0 Å². The molecule has 1 aliphatic carbocycles. The summed E-state index contributed by atoms with van der Waals surface area (Å²) in [6.45, 7) is 0. The summed E-state index contributed by atoms with van der Waals surface area (Å²) < 4.78 is 5.33. The normalized spacial score (nSPS) is 28.6. The number of carbonyl (C=O) groups excluding carboxylic acids is 2. The Kier molecular flexibility index (Phi) is 2.09. The van der Waals surface area contributed by atoms with E-state index in [9.17, 15) is 9.59 Å². The van der Waals surface area contributed by atoms with E-state index in [-0.39, 0.29) is 6.10 Å². The zero-order valence-electron chi connectivity index (χ0n) is 9.00. The average molecular weight is 226 g/mol. The molecular weight excluding hydrogens is 216 g/mol. The van der Waals surface area contributed by atoms with Gasteiger partial charge in [-0.1, -0.05) is 48.6 Å². The molecule has 0 bridgehead atoms. The number of ketones is 2. The molecule has 84 valence electrons. The van der Waals surface area contributed by atoms with Gasteiger partial charge in [0, 0.05) is 5.56 Å². The van der Waals surface area contributed by atoms with Gasteiger partial charge in [0.05, 0.1) is 0 Å². The fourth-order valence-corrected chi connectivity index (χ4v) is 2.01. The Morgan fingerprint density at radius 3 is 2.59 bits per heavy atom. The summed E-state index contributed by atoms with van der Waals surface area (Å²) in [5.41, 5.74) is -0.620. The minimum Gasteiger partial charge on any atom is -0.348 e. The van der Waals surface area contributed by atoms with Crippen LogP contribution in [0.25, 0.3) is 0 Å². The third-order valence-electron chi connectivity index (χ3n) is 3.03. The van der Waals surface area contributed by atoms with Crippen LogP contribution in [0.15, 0.2) is 54.6 Å². The van der Waals surface area contributed by atoms with Gasteiger partial charge in [0.25, 0.3) is 0 Å². The van der Waals surface area contributed by atoms with Crippen molar-refractivity contribution < 1.29 is 14.3 Å². The van der Waals surface area contributed by atoms with E-state index in [2.05, 4.69) is 0 Å². The molecular formula is C14H10O3. The monoisotopic (exact) mass is 226 g/mol. The number of hydrogen-bond acceptors (Lipinski definition) is 3. The number of Topliss-reactive ketones (excluding diaryl/α,β-unsaturated/α-hetero) is 2. The lowest BCUT2D eigenvalue weighted by atomic mass is 9.91. The van der Waals surface area contributed by atoms with Crippen LogP contribution in [-0.2, 0) is 9.53 Å². The van der Waals surface area contributed by atoms with Crippen molar-refractivity contribution >= 4 is 11.6 Å². The Bertz CT molecular complexity index is 542. The van der Waals surface area contributed by atoms with Crippen LogP contribution in [0.1, 0.15) is 10.4 Å². The van der Waals surface area contributed by atoms with E-state index in [0.717, 1.165) is 0 Å². The molecule has 1 aromatic rings. The van der Waals surface area contributed by atoms with E-state index in [1.165, 1.54) is 0 Å². The van der Waals surface area contributed by atoms with Gasteiger partial charge in [-0.05, 0) is 6.08 Å². The van der Waals surface area contributed by atoms with Crippen LogP contribution in [0.5, 0.6) is 0 Å². The molecule has 0 N–H and O–H groups in total. The number of epoxide rings is 1. The van der Waals surface area contributed by atoms with Crippen LogP contribution in [0.4, 0.5) is 0 Å². The van der Waals surface area contributed by atoms with Gasteiger partial charge in [-0.2, -0.15) is 0 Å². The number of carbonyl (C=O) groups is 2. The van der Waals surface area contributed by atoms with Gasteiger partial charge in [0.2, 0.25) is 11.6 Å². The van der Waals surface area contributed by atoms with Crippen molar-refractivity contribution in [1.29, 1.82) is 0 Å². The standard InChI is InChI=1S/C14H10O3/c15-12(10-6-2-1-3-7-10)13(16)14-9-5-4-8-11(14)17-14/h1-9,11H. The lowest BCUT2D eigenvalue weighted by Gasteiger charge is -2.06. The van der Waals surface area contributed by atoms with Crippen LogP contribution >= 0.6 is 0 Å². The molecule has 1 aromatic carbocycles. The van der Waals surface area contributed by atoms with E-state index in [1.54, 1.807) is 48.6 Å². The third-order valence-corrected chi connectivity index (χ3v) is 3.03. The van der Waals surface area contributed by atoms with E-state index < -0.39 is 17.2 Å². The molecule has 1 saturated heterocycles. The minimum absolute atomic E-state index is 0.271. The smallest absolute Gasteiger partial charge is 0.242 e. The number of rotatable bonds is 3. The summed E-state index contributed by atoms with van der Waals surface area (Å²) in [6.07, 6.45) is 6.72. The van der Waals surface area contributed by atoms with Gasteiger partial charge in [0.15, 0.2) is 5.60 Å². The van der Waals surface area contributed by atoms with Gasteiger partial charge in [-0.15, -0.1) is 0 Å². The molecule has 0 spiro atoms. The highest BCUT2D eigenvalue weighted by molar-refractivity contribution is 6.47. The topological polar surface area (TPSA) is 46.7 Å². The second-order valence-electron chi connectivity index (χ2n) is 4.10. The van der Waals surface area contributed by atoms with Crippen LogP contribution in [0.3, 0.4) is 0 Å². The molecule has 1 heterocycles. The minimum atomic E-state index is -1.03. The van der Waals surface area contributed by atoms with Gasteiger partial charge < -0.3 is 4.74 Å². The summed E-state index contributed by atoms with van der Waals surface area (Å²) in [4.78, 5) is 24.1. The fourth-order valence-electron chi connectivity index (χ4n) is 2.01. The zero-order valence-corrected chi connectivity index (χ0v) is 9.00. The molecule has 0 aromatic heterocycles. The molecule has 2 aliphatic rings. The average Bonchev–Trinajstić information content (AvgIpc) is 3.14. The largest absolute Gasteiger partial charge is 0.348 e. The molecule has 2 unspecified atom stereocenters. The predicted molar refractivity (Wildman–Crippen MR) is 61.7 cm³/mol. The number of benzene rings is 1. The predicted octanol–water partition coefficient (Wildman–Crippen LogP) is 1.70. The first-order valence-electron chi connectivity index (χ1n) is 5.42. The highest BCUT2D eigenvalue weighted by atomic mass is 16.6. The number of ether oxygens (including phenoxy) is 1. The maximum atomic E-state index is 12.1. The van der Waals surface area contributed by atoms with Crippen molar-refractivity contribution in [3.05, 3.63) is 60.2 Å². The van der Waals surface area contributed by atoms with Gasteiger partial charge in [0.1, 0.15) is 6.10 Å². The maximum Gasteiger partial charge on any atom is 0.242 e. The van der Waals surface area contributed by atoms with E-state index in [0.29, 0.717) is 5.56 Å². The molecule has 3 nitrogen and oxygen atoms in total. The molecule has 3 heteroatoms. The molecule has 1 fully saturated rings. The summed E-state index contributed by atoms with van der Waals surface area (Å²) in [6, 6.07) is 8.55. The summed E-state index contributed by atoms with van der Waals surface area (Å²) in [5, 5.41) is 0. The molecule has 0 radical (unpaired) electrons. The van der Waals surface area contributed by atoms with E-state index in [4.69, 9.17) is 4.74 Å². The first-order chi connectivity index (χ1) is 8.24. The lowest BCUT2D eigenvalue weighted by Crippen LogP contribution is -2.32. The van der Waals surface area contributed by atoms with Gasteiger partial charge in [-0.25, -0.2) is 0 Å². The van der Waals surface area contributed by atoms with Crippen LogP contribution in [0.2, 0.25) is 0 Å². The van der Waals surface area contributed by atoms with Crippen molar-refractivity contribution in [3.63, 3.8) is 0 Å². The Hall–Kier alpha value is -2.00. The summed E-state index contributed by atoms with van der Waals surface area (Å²) in [5.74, 6) is -0.984. The summed E-state index contributed by atoms with van der Waals surface area (Å²) >= 11 is 0. The van der Waals surface area contributed by atoms with Crippen LogP contribution in [0, 0.1) is 0 Å². The van der Waals surface area contributed by atoms with Crippen molar-refractivity contribution in [1.82, 2.24) is 0 Å². The fraction of sp³-hybridized carbons (Fsp3) is 0.143. The molecule has 0 amide bonds. The molecule has 2 atom stereocenters. The van der Waals surface area contributed by atoms with Crippen molar-refractivity contribution in [3.8, 4) is 0 Å². The molecule has 3 rings (SSSR count). The first kappa shape index (κ1) is 10.2. The Balaban J connectivity index is 1.88. The molecule has 17 heavy (non-hydrogen) atoms. The van der Waals surface area contributed by atoms with E-state index >= 15 is 0 Å². The van der Waals surface area contributed by atoms with Crippen LogP contribution < -0.4 is 0 Å². The quantitative estimate of drug-likeness (QED) is 0.447. The van der Waals surface area contributed by atoms with E-state index in [1.807, 2.05) is 6.08 Å². The zero-order chi connectivity index (χ0) is 11.9.